The Morgan fingerprint density at radius 2 is 2.04 bits per heavy atom. The zero-order chi connectivity index (χ0) is 16.1. The molecule has 1 N–H and O–H groups in total. The second-order valence-corrected chi connectivity index (χ2v) is 5.53. The molecule has 0 radical (unpaired) electrons. The van der Waals surface area contributed by atoms with Crippen LogP contribution >= 0.6 is 11.3 Å². The molecule has 7 heteroatoms. The third kappa shape index (κ3) is 3.70. The zero-order valence-corrected chi connectivity index (χ0v) is 13.2. The van der Waals surface area contributed by atoms with E-state index in [0.717, 1.165) is 11.4 Å². The van der Waals surface area contributed by atoms with E-state index in [2.05, 4.69) is 20.3 Å². The average Bonchev–Trinajstić information content (AvgIpc) is 3.05. The maximum atomic E-state index is 11.6. The average molecular weight is 326 g/mol. The van der Waals surface area contributed by atoms with Crippen LogP contribution in [0, 0.1) is 0 Å². The van der Waals surface area contributed by atoms with E-state index in [1.165, 1.54) is 17.5 Å². The smallest absolute Gasteiger partial charge is 0.350 e. The minimum absolute atomic E-state index is 0.340. The number of hydrogen-bond donors (Lipinski definition) is 1. The molecular formula is C16H14N4O2S. The second kappa shape index (κ2) is 6.97. The van der Waals surface area contributed by atoms with Crippen molar-refractivity contribution < 1.29 is 9.53 Å². The quantitative estimate of drug-likeness (QED) is 0.723. The highest BCUT2D eigenvalue weighted by atomic mass is 32.1. The van der Waals surface area contributed by atoms with Crippen LogP contribution in [-0.2, 0) is 4.74 Å². The van der Waals surface area contributed by atoms with Gasteiger partial charge in [0.2, 0.25) is 0 Å². The molecule has 3 aromatic heterocycles. The molecule has 0 saturated heterocycles. The predicted molar refractivity (Wildman–Crippen MR) is 88.8 cm³/mol. The Kier molecular flexibility index (Phi) is 4.58. The van der Waals surface area contributed by atoms with Crippen LogP contribution in [0.3, 0.4) is 0 Å². The molecule has 0 aromatic carbocycles. The Morgan fingerprint density at radius 3 is 2.83 bits per heavy atom. The number of hydrogen-bond acceptors (Lipinski definition) is 7. The molecule has 0 fully saturated rings. The SMILES string of the molecule is CCOC(=O)c1cnc(Nc2cccc(-c3ccccn3)n2)s1. The summed E-state index contributed by atoms with van der Waals surface area (Å²) in [6.07, 6.45) is 3.22. The lowest BCUT2D eigenvalue weighted by Crippen LogP contribution is -2.01. The number of carbonyl (C=O) groups excluding carboxylic acids is 1. The van der Waals surface area contributed by atoms with Crippen molar-refractivity contribution in [3.63, 3.8) is 0 Å². The summed E-state index contributed by atoms with van der Waals surface area (Å²) in [7, 11) is 0. The third-order valence-electron chi connectivity index (χ3n) is 2.89. The molecule has 0 bridgehead atoms. The number of nitrogens with zero attached hydrogens (tertiary/aromatic N) is 3. The number of nitrogens with one attached hydrogen (secondary N) is 1. The number of ether oxygens (including phenoxy) is 1. The van der Waals surface area contributed by atoms with Gasteiger partial charge in [-0.25, -0.2) is 14.8 Å². The van der Waals surface area contributed by atoms with Gasteiger partial charge in [-0.15, -0.1) is 0 Å². The molecule has 116 valence electrons. The number of pyridine rings is 2. The Morgan fingerprint density at radius 1 is 1.17 bits per heavy atom. The summed E-state index contributed by atoms with van der Waals surface area (Å²) < 4.78 is 4.95. The van der Waals surface area contributed by atoms with E-state index < -0.39 is 0 Å². The molecular weight excluding hydrogens is 312 g/mol. The van der Waals surface area contributed by atoms with Crippen molar-refractivity contribution in [2.24, 2.45) is 0 Å². The summed E-state index contributed by atoms with van der Waals surface area (Å²) in [5, 5.41) is 3.67. The van der Waals surface area contributed by atoms with Gasteiger partial charge in [-0.3, -0.25) is 4.98 Å². The fraction of sp³-hybridized carbons (Fsp3) is 0.125. The Hall–Kier alpha value is -2.80. The largest absolute Gasteiger partial charge is 0.462 e. The van der Waals surface area contributed by atoms with Crippen LogP contribution < -0.4 is 5.32 Å². The van der Waals surface area contributed by atoms with Gasteiger partial charge in [0.25, 0.3) is 0 Å². The first-order chi connectivity index (χ1) is 11.3. The fourth-order valence-corrected chi connectivity index (χ4v) is 2.62. The van der Waals surface area contributed by atoms with Gasteiger partial charge in [0.1, 0.15) is 10.7 Å². The molecule has 0 amide bonds. The van der Waals surface area contributed by atoms with Crippen LogP contribution in [0.2, 0.25) is 0 Å². The van der Waals surface area contributed by atoms with Crippen LogP contribution in [-0.4, -0.2) is 27.5 Å². The maximum absolute atomic E-state index is 11.6. The van der Waals surface area contributed by atoms with Gasteiger partial charge in [0.15, 0.2) is 5.13 Å². The first-order valence-corrected chi connectivity index (χ1v) is 7.86. The molecule has 3 heterocycles. The Bertz CT molecular complexity index is 805. The van der Waals surface area contributed by atoms with Crippen molar-refractivity contribution in [1.29, 1.82) is 0 Å². The van der Waals surface area contributed by atoms with Crippen LogP contribution in [0.15, 0.2) is 48.8 Å². The first-order valence-electron chi connectivity index (χ1n) is 7.04. The minimum atomic E-state index is -0.367. The normalized spacial score (nSPS) is 10.3. The van der Waals surface area contributed by atoms with E-state index in [-0.39, 0.29) is 5.97 Å². The topological polar surface area (TPSA) is 77.0 Å². The molecule has 0 saturated carbocycles. The van der Waals surface area contributed by atoms with Gasteiger partial charge in [0, 0.05) is 6.20 Å². The van der Waals surface area contributed by atoms with E-state index in [0.29, 0.717) is 22.4 Å². The summed E-state index contributed by atoms with van der Waals surface area (Å²) >= 11 is 1.23. The fourth-order valence-electron chi connectivity index (χ4n) is 1.90. The highest BCUT2D eigenvalue weighted by Gasteiger charge is 2.12. The molecule has 0 aliphatic rings. The molecule has 3 rings (SSSR count). The van der Waals surface area contributed by atoms with E-state index in [1.807, 2.05) is 36.4 Å². The standard InChI is InChI=1S/C16H14N4O2S/c1-2-22-15(21)13-10-18-16(23-13)20-14-8-5-7-12(19-14)11-6-3-4-9-17-11/h3-10H,2H2,1H3,(H,18,19,20). The second-order valence-electron chi connectivity index (χ2n) is 4.50. The first kappa shape index (κ1) is 15.1. The van der Waals surface area contributed by atoms with E-state index >= 15 is 0 Å². The van der Waals surface area contributed by atoms with Gasteiger partial charge in [-0.2, -0.15) is 0 Å². The summed E-state index contributed by atoms with van der Waals surface area (Å²) in [5.74, 6) is 0.270. The lowest BCUT2D eigenvalue weighted by Gasteiger charge is -2.04. The molecule has 3 aromatic rings. The van der Waals surface area contributed by atoms with Gasteiger partial charge < -0.3 is 10.1 Å². The number of carbonyl (C=O) groups is 1. The number of rotatable bonds is 5. The molecule has 23 heavy (non-hydrogen) atoms. The van der Waals surface area contributed by atoms with Crippen LogP contribution in [0.4, 0.5) is 10.9 Å². The lowest BCUT2D eigenvalue weighted by atomic mass is 10.2. The van der Waals surface area contributed by atoms with Crippen molar-refractivity contribution in [1.82, 2.24) is 15.0 Å². The van der Waals surface area contributed by atoms with Crippen molar-refractivity contribution in [3.8, 4) is 11.4 Å². The van der Waals surface area contributed by atoms with E-state index in [4.69, 9.17) is 4.74 Å². The molecule has 0 spiro atoms. The van der Waals surface area contributed by atoms with Gasteiger partial charge >= 0.3 is 5.97 Å². The van der Waals surface area contributed by atoms with Crippen molar-refractivity contribution in [2.75, 3.05) is 11.9 Å². The molecule has 0 unspecified atom stereocenters. The van der Waals surface area contributed by atoms with Crippen molar-refractivity contribution in [3.05, 3.63) is 53.7 Å². The van der Waals surface area contributed by atoms with Crippen LogP contribution in [0.1, 0.15) is 16.6 Å². The summed E-state index contributed by atoms with van der Waals surface area (Å²) in [5.41, 5.74) is 1.56. The summed E-state index contributed by atoms with van der Waals surface area (Å²) in [6, 6.07) is 11.3. The maximum Gasteiger partial charge on any atom is 0.350 e. The predicted octanol–water partition coefficient (Wildman–Crippen LogP) is 3.52. The van der Waals surface area contributed by atoms with Gasteiger partial charge in [0.05, 0.1) is 24.2 Å². The monoisotopic (exact) mass is 326 g/mol. The summed E-state index contributed by atoms with van der Waals surface area (Å²) in [6.45, 7) is 2.11. The number of esters is 1. The number of thiazole rings is 1. The summed E-state index contributed by atoms with van der Waals surface area (Å²) in [4.78, 5) is 25.1. The van der Waals surface area contributed by atoms with Crippen LogP contribution in [0.25, 0.3) is 11.4 Å². The van der Waals surface area contributed by atoms with Gasteiger partial charge in [-0.1, -0.05) is 23.5 Å². The van der Waals surface area contributed by atoms with E-state index in [9.17, 15) is 4.79 Å². The lowest BCUT2D eigenvalue weighted by molar-refractivity contribution is 0.0532. The molecule has 0 aliphatic heterocycles. The van der Waals surface area contributed by atoms with Crippen LogP contribution in [0.5, 0.6) is 0 Å². The van der Waals surface area contributed by atoms with E-state index in [1.54, 1.807) is 13.1 Å². The molecule has 0 atom stereocenters. The third-order valence-corrected chi connectivity index (χ3v) is 3.79. The number of anilines is 2. The Balaban J connectivity index is 1.77. The highest BCUT2D eigenvalue weighted by Crippen LogP contribution is 2.23. The molecule has 6 nitrogen and oxygen atoms in total. The number of aromatic nitrogens is 3. The molecule has 0 aliphatic carbocycles. The highest BCUT2D eigenvalue weighted by molar-refractivity contribution is 7.17. The Labute approximate surface area is 137 Å². The van der Waals surface area contributed by atoms with Crippen molar-refractivity contribution >= 4 is 28.3 Å². The van der Waals surface area contributed by atoms with Gasteiger partial charge in [-0.05, 0) is 31.2 Å². The minimum Gasteiger partial charge on any atom is -0.462 e. The zero-order valence-electron chi connectivity index (χ0n) is 12.4. The van der Waals surface area contributed by atoms with Crippen molar-refractivity contribution in [2.45, 2.75) is 6.92 Å².